The van der Waals surface area contributed by atoms with Crippen molar-refractivity contribution < 1.29 is 4.92 Å². The van der Waals surface area contributed by atoms with Crippen LogP contribution in [0.15, 0.2) is 22.7 Å². The molecule has 1 aliphatic rings. The Labute approximate surface area is 122 Å². The van der Waals surface area contributed by atoms with Crippen molar-refractivity contribution in [3.05, 3.63) is 38.3 Å². The molecule has 0 spiro atoms. The van der Waals surface area contributed by atoms with E-state index >= 15 is 0 Å². The van der Waals surface area contributed by atoms with Crippen molar-refractivity contribution in [3.8, 4) is 0 Å². The van der Waals surface area contributed by atoms with Crippen LogP contribution in [0, 0.1) is 22.0 Å². The van der Waals surface area contributed by atoms with Crippen molar-refractivity contribution in [1.29, 1.82) is 0 Å². The van der Waals surface area contributed by atoms with Gasteiger partial charge in [-0.15, -0.1) is 0 Å². The van der Waals surface area contributed by atoms with Gasteiger partial charge < -0.3 is 0 Å². The minimum Gasteiger partial charge on any atom is -0.299 e. The maximum absolute atomic E-state index is 10.9. The molecule has 1 heterocycles. The van der Waals surface area contributed by atoms with Crippen molar-refractivity contribution >= 4 is 21.6 Å². The average molecular weight is 327 g/mol. The second kappa shape index (κ2) is 6.01. The molecule has 0 aromatic heterocycles. The zero-order chi connectivity index (χ0) is 14.0. The van der Waals surface area contributed by atoms with Crippen molar-refractivity contribution in [2.75, 3.05) is 13.1 Å². The molecule has 4 nitrogen and oxygen atoms in total. The van der Waals surface area contributed by atoms with E-state index in [0.29, 0.717) is 16.3 Å². The SMILES string of the molecule is CC1CC(C)CN(Cc2ccc(Br)c([N+](=O)[O-])c2)C1. The third-order valence-corrected chi connectivity index (χ3v) is 4.23. The quantitative estimate of drug-likeness (QED) is 0.626. The van der Waals surface area contributed by atoms with E-state index in [2.05, 4.69) is 34.7 Å². The molecular weight excluding hydrogens is 308 g/mol. The zero-order valence-electron chi connectivity index (χ0n) is 11.3. The Morgan fingerprint density at radius 3 is 2.58 bits per heavy atom. The summed E-state index contributed by atoms with van der Waals surface area (Å²) in [5.41, 5.74) is 1.16. The van der Waals surface area contributed by atoms with Gasteiger partial charge in [-0.25, -0.2) is 0 Å². The van der Waals surface area contributed by atoms with Gasteiger partial charge >= 0.3 is 0 Å². The monoisotopic (exact) mass is 326 g/mol. The Hall–Kier alpha value is -0.940. The van der Waals surface area contributed by atoms with Crippen molar-refractivity contribution in [3.63, 3.8) is 0 Å². The molecule has 1 fully saturated rings. The van der Waals surface area contributed by atoms with E-state index in [-0.39, 0.29) is 10.6 Å². The summed E-state index contributed by atoms with van der Waals surface area (Å²) in [4.78, 5) is 13.0. The number of benzene rings is 1. The molecule has 0 bridgehead atoms. The maximum Gasteiger partial charge on any atom is 0.283 e. The normalized spacial score (nSPS) is 24.4. The van der Waals surface area contributed by atoms with E-state index in [9.17, 15) is 10.1 Å². The van der Waals surface area contributed by atoms with Crippen LogP contribution in [-0.4, -0.2) is 22.9 Å². The average Bonchev–Trinajstić information content (AvgIpc) is 2.30. The Bertz CT molecular complexity index is 469. The Balaban J connectivity index is 2.10. The van der Waals surface area contributed by atoms with Gasteiger partial charge in [-0.05, 0) is 45.8 Å². The fraction of sp³-hybridized carbons (Fsp3) is 0.571. The molecule has 0 radical (unpaired) electrons. The molecule has 0 saturated carbocycles. The first-order valence-corrected chi connectivity index (χ1v) is 7.40. The molecule has 5 heteroatoms. The van der Waals surface area contributed by atoms with Crippen LogP contribution in [0.5, 0.6) is 0 Å². The third-order valence-electron chi connectivity index (χ3n) is 3.56. The molecule has 0 amide bonds. The molecule has 0 N–H and O–H groups in total. The standard InChI is InChI=1S/C14H19BrN2O2/c1-10-5-11(2)8-16(7-10)9-12-3-4-13(15)14(6-12)17(18)19/h3-4,6,10-11H,5,7-9H2,1-2H3. The van der Waals surface area contributed by atoms with Gasteiger partial charge in [0.25, 0.3) is 5.69 Å². The van der Waals surface area contributed by atoms with Crippen LogP contribution in [0.4, 0.5) is 5.69 Å². The van der Waals surface area contributed by atoms with Crippen LogP contribution in [0.25, 0.3) is 0 Å². The molecular formula is C14H19BrN2O2. The summed E-state index contributed by atoms with van der Waals surface area (Å²) < 4.78 is 0.543. The number of likely N-dealkylation sites (tertiary alicyclic amines) is 1. The van der Waals surface area contributed by atoms with Gasteiger partial charge in [-0.2, -0.15) is 0 Å². The van der Waals surface area contributed by atoms with Crippen LogP contribution in [-0.2, 0) is 6.54 Å². The molecule has 2 rings (SSSR count). The number of nitro groups is 1. The van der Waals surface area contributed by atoms with Crippen LogP contribution in [0.3, 0.4) is 0 Å². The number of rotatable bonds is 3. The topological polar surface area (TPSA) is 46.4 Å². The fourth-order valence-electron chi connectivity index (χ4n) is 2.98. The number of nitro benzene ring substituents is 1. The lowest BCUT2D eigenvalue weighted by Crippen LogP contribution is -2.38. The molecule has 2 atom stereocenters. The predicted molar refractivity (Wildman–Crippen MR) is 79.0 cm³/mol. The highest BCUT2D eigenvalue weighted by atomic mass is 79.9. The molecule has 0 aliphatic carbocycles. The summed E-state index contributed by atoms with van der Waals surface area (Å²) in [6.45, 7) is 7.49. The largest absolute Gasteiger partial charge is 0.299 e. The molecule has 1 saturated heterocycles. The summed E-state index contributed by atoms with van der Waals surface area (Å²) >= 11 is 3.22. The number of piperidine rings is 1. The zero-order valence-corrected chi connectivity index (χ0v) is 12.9. The van der Waals surface area contributed by atoms with Crippen LogP contribution >= 0.6 is 15.9 Å². The molecule has 104 valence electrons. The number of hydrogen-bond donors (Lipinski definition) is 0. The lowest BCUT2D eigenvalue weighted by molar-refractivity contribution is -0.385. The maximum atomic E-state index is 10.9. The smallest absolute Gasteiger partial charge is 0.283 e. The molecule has 2 unspecified atom stereocenters. The van der Waals surface area contributed by atoms with E-state index in [0.717, 1.165) is 25.2 Å². The van der Waals surface area contributed by atoms with Gasteiger partial charge in [0.05, 0.1) is 9.40 Å². The molecule has 1 aliphatic heterocycles. The van der Waals surface area contributed by atoms with Gasteiger partial charge in [-0.1, -0.05) is 19.9 Å². The summed E-state index contributed by atoms with van der Waals surface area (Å²) in [5.74, 6) is 1.41. The van der Waals surface area contributed by atoms with E-state index in [1.54, 1.807) is 12.1 Å². The molecule has 1 aromatic rings. The highest BCUT2D eigenvalue weighted by Gasteiger charge is 2.22. The lowest BCUT2D eigenvalue weighted by atomic mass is 9.91. The Morgan fingerprint density at radius 2 is 2.00 bits per heavy atom. The van der Waals surface area contributed by atoms with Gasteiger partial charge in [0.1, 0.15) is 0 Å². The van der Waals surface area contributed by atoms with E-state index in [4.69, 9.17) is 0 Å². The number of halogens is 1. The van der Waals surface area contributed by atoms with Gasteiger partial charge in [-0.3, -0.25) is 15.0 Å². The van der Waals surface area contributed by atoms with E-state index in [1.165, 1.54) is 6.42 Å². The molecule has 1 aromatic carbocycles. The van der Waals surface area contributed by atoms with Crippen molar-refractivity contribution in [1.82, 2.24) is 4.90 Å². The first-order valence-electron chi connectivity index (χ1n) is 6.61. The Morgan fingerprint density at radius 1 is 1.37 bits per heavy atom. The summed E-state index contributed by atoms with van der Waals surface area (Å²) in [6, 6.07) is 5.40. The first kappa shape index (κ1) is 14.5. The van der Waals surface area contributed by atoms with Crippen LogP contribution in [0.2, 0.25) is 0 Å². The highest BCUT2D eigenvalue weighted by molar-refractivity contribution is 9.10. The van der Waals surface area contributed by atoms with E-state index in [1.807, 2.05) is 6.07 Å². The predicted octanol–water partition coefficient (Wildman–Crippen LogP) is 3.84. The summed E-state index contributed by atoms with van der Waals surface area (Å²) in [7, 11) is 0. The second-order valence-electron chi connectivity index (χ2n) is 5.68. The number of nitrogens with zero attached hydrogens (tertiary/aromatic N) is 2. The summed E-state index contributed by atoms with van der Waals surface area (Å²) in [5, 5.41) is 10.9. The first-order chi connectivity index (χ1) is 8.95. The van der Waals surface area contributed by atoms with Crippen LogP contribution < -0.4 is 0 Å². The minimum absolute atomic E-state index is 0.149. The van der Waals surface area contributed by atoms with Crippen molar-refractivity contribution in [2.24, 2.45) is 11.8 Å². The minimum atomic E-state index is -0.338. The van der Waals surface area contributed by atoms with E-state index < -0.39 is 0 Å². The summed E-state index contributed by atoms with van der Waals surface area (Å²) in [6.07, 6.45) is 1.27. The third kappa shape index (κ3) is 3.76. The van der Waals surface area contributed by atoms with Gasteiger partial charge in [0.15, 0.2) is 0 Å². The fourth-order valence-corrected chi connectivity index (χ4v) is 3.37. The Kier molecular flexibility index (Phi) is 4.58. The number of hydrogen-bond acceptors (Lipinski definition) is 3. The highest BCUT2D eigenvalue weighted by Crippen LogP contribution is 2.27. The van der Waals surface area contributed by atoms with Gasteiger partial charge in [0.2, 0.25) is 0 Å². The van der Waals surface area contributed by atoms with Gasteiger partial charge in [0, 0.05) is 25.7 Å². The van der Waals surface area contributed by atoms with Crippen LogP contribution in [0.1, 0.15) is 25.8 Å². The second-order valence-corrected chi connectivity index (χ2v) is 6.54. The molecule has 19 heavy (non-hydrogen) atoms. The van der Waals surface area contributed by atoms with Crippen molar-refractivity contribution in [2.45, 2.75) is 26.8 Å². The lowest BCUT2D eigenvalue weighted by Gasteiger charge is -2.34.